The number of aromatic nitrogens is 2. The molecule has 0 aliphatic carbocycles. The quantitative estimate of drug-likeness (QED) is 0.780. The molecular weight excluding hydrogens is 234 g/mol. The highest BCUT2D eigenvalue weighted by Gasteiger charge is 2.08. The third kappa shape index (κ3) is 2.86. The molecule has 2 rings (SSSR count). The first-order valence-corrected chi connectivity index (χ1v) is 6.18. The van der Waals surface area contributed by atoms with E-state index < -0.39 is 0 Å². The van der Waals surface area contributed by atoms with Crippen molar-refractivity contribution in [3.63, 3.8) is 0 Å². The highest BCUT2D eigenvalue weighted by molar-refractivity contribution is 6.20. The van der Waals surface area contributed by atoms with Crippen LogP contribution in [-0.2, 0) is 0 Å². The normalized spacial score (nSPS) is 12.6. The van der Waals surface area contributed by atoms with E-state index >= 15 is 0 Å². The number of halogens is 1. The van der Waals surface area contributed by atoms with Gasteiger partial charge in [-0.3, -0.25) is 0 Å². The van der Waals surface area contributed by atoms with E-state index in [1.54, 1.807) is 6.20 Å². The summed E-state index contributed by atoms with van der Waals surface area (Å²) in [6, 6.07) is 8.14. The van der Waals surface area contributed by atoms with Gasteiger partial charge in [-0.15, -0.1) is 16.7 Å². The third-order valence-electron chi connectivity index (χ3n) is 2.77. The Bertz CT molecular complexity index is 493. The highest BCUT2D eigenvalue weighted by Crippen LogP contribution is 2.22. The van der Waals surface area contributed by atoms with E-state index in [9.17, 15) is 0 Å². The van der Waals surface area contributed by atoms with Gasteiger partial charge in [-0.05, 0) is 13.3 Å². The van der Waals surface area contributed by atoms with Gasteiger partial charge in [0.05, 0.1) is 6.20 Å². The van der Waals surface area contributed by atoms with E-state index in [-0.39, 0.29) is 5.38 Å². The van der Waals surface area contributed by atoms with E-state index in [1.807, 2.05) is 32.2 Å². The van der Waals surface area contributed by atoms with Gasteiger partial charge >= 0.3 is 0 Å². The summed E-state index contributed by atoms with van der Waals surface area (Å²) < 4.78 is 0. The van der Waals surface area contributed by atoms with Gasteiger partial charge in [0.1, 0.15) is 0 Å². The number of hydrogen-bond acceptors (Lipinski definition) is 3. The Morgan fingerprint density at radius 3 is 2.88 bits per heavy atom. The van der Waals surface area contributed by atoms with Crippen molar-refractivity contribution in [3.8, 4) is 0 Å². The van der Waals surface area contributed by atoms with Crippen LogP contribution < -0.4 is 4.90 Å². The molecule has 0 N–H and O–H groups in total. The molecule has 1 unspecified atom stereocenters. The molecule has 1 atom stereocenters. The Labute approximate surface area is 106 Å². The Kier molecular flexibility index (Phi) is 3.79. The molecule has 0 aliphatic heterocycles. The topological polar surface area (TPSA) is 29.0 Å². The highest BCUT2D eigenvalue weighted by atomic mass is 35.5. The van der Waals surface area contributed by atoms with E-state index in [1.165, 1.54) is 0 Å². The smallest absolute Gasteiger partial charge is 0.158 e. The van der Waals surface area contributed by atoms with Crippen molar-refractivity contribution < 1.29 is 0 Å². The summed E-state index contributed by atoms with van der Waals surface area (Å²) in [5.41, 5.74) is 0. The average Bonchev–Trinajstić information content (AvgIpc) is 2.35. The maximum absolute atomic E-state index is 5.96. The zero-order valence-corrected chi connectivity index (χ0v) is 10.9. The molecule has 0 bridgehead atoms. The number of nitrogens with zero attached hydrogens (tertiary/aromatic N) is 3. The number of benzene rings is 1. The van der Waals surface area contributed by atoms with Gasteiger partial charge in [-0.25, -0.2) is 0 Å². The number of anilines is 1. The Hall–Kier alpha value is -1.35. The van der Waals surface area contributed by atoms with Crippen LogP contribution in [0.4, 0.5) is 5.82 Å². The maximum Gasteiger partial charge on any atom is 0.158 e. The molecule has 3 nitrogen and oxygen atoms in total. The first-order valence-electron chi connectivity index (χ1n) is 5.74. The van der Waals surface area contributed by atoms with Gasteiger partial charge in [-0.2, -0.15) is 5.10 Å². The molecule has 0 saturated carbocycles. The van der Waals surface area contributed by atoms with Crippen molar-refractivity contribution in [2.45, 2.75) is 18.7 Å². The predicted molar refractivity (Wildman–Crippen MR) is 72.7 cm³/mol. The molecule has 0 aliphatic rings. The van der Waals surface area contributed by atoms with Crippen LogP contribution in [0.15, 0.2) is 30.5 Å². The summed E-state index contributed by atoms with van der Waals surface area (Å²) in [5.74, 6) is 0.917. The van der Waals surface area contributed by atoms with Crippen LogP contribution >= 0.6 is 11.6 Å². The molecule has 0 fully saturated rings. The number of alkyl halides is 1. The molecule has 2 aromatic rings. The lowest BCUT2D eigenvalue weighted by Gasteiger charge is -2.19. The molecule has 1 aromatic heterocycles. The van der Waals surface area contributed by atoms with Crippen molar-refractivity contribution in [3.05, 3.63) is 30.5 Å². The lowest BCUT2D eigenvalue weighted by molar-refractivity contribution is 0.762. The second-order valence-electron chi connectivity index (χ2n) is 4.25. The van der Waals surface area contributed by atoms with E-state index in [4.69, 9.17) is 11.6 Å². The summed E-state index contributed by atoms with van der Waals surface area (Å²) in [5, 5.41) is 10.7. The number of fused-ring (bicyclic) bond motifs is 1. The fraction of sp³-hybridized carbons (Fsp3) is 0.385. The second kappa shape index (κ2) is 5.32. The van der Waals surface area contributed by atoms with Crippen molar-refractivity contribution in [2.75, 3.05) is 18.5 Å². The standard InChI is InChI=1S/C13H16ClN3/c1-10(14)7-8-17(2)13-12-6-4-3-5-11(12)9-15-16-13/h3-6,9-10H,7-8H2,1-2H3. The second-order valence-corrected chi connectivity index (χ2v) is 4.99. The molecule has 1 aromatic carbocycles. The minimum Gasteiger partial charge on any atom is -0.358 e. The minimum absolute atomic E-state index is 0.181. The van der Waals surface area contributed by atoms with Crippen LogP contribution in [0.25, 0.3) is 10.8 Å². The molecule has 4 heteroatoms. The van der Waals surface area contributed by atoms with E-state index in [0.29, 0.717) is 0 Å². The monoisotopic (exact) mass is 249 g/mol. The fourth-order valence-electron chi connectivity index (χ4n) is 1.77. The lowest BCUT2D eigenvalue weighted by Crippen LogP contribution is -2.22. The van der Waals surface area contributed by atoms with Gasteiger partial charge in [-0.1, -0.05) is 24.3 Å². The molecule has 0 amide bonds. The van der Waals surface area contributed by atoms with Crippen molar-refractivity contribution in [1.29, 1.82) is 0 Å². The van der Waals surface area contributed by atoms with Crippen LogP contribution in [0.1, 0.15) is 13.3 Å². The molecular formula is C13H16ClN3. The molecule has 0 spiro atoms. The van der Waals surface area contributed by atoms with Gasteiger partial charge < -0.3 is 4.90 Å². The Balaban J connectivity index is 2.28. The molecule has 1 heterocycles. The summed E-state index contributed by atoms with van der Waals surface area (Å²) >= 11 is 5.96. The average molecular weight is 250 g/mol. The van der Waals surface area contributed by atoms with Crippen molar-refractivity contribution in [2.24, 2.45) is 0 Å². The molecule has 0 radical (unpaired) electrons. The van der Waals surface area contributed by atoms with Gasteiger partial charge in [0.25, 0.3) is 0 Å². The zero-order chi connectivity index (χ0) is 12.3. The first kappa shape index (κ1) is 12.1. The molecule has 90 valence electrons. The largest absolute Gasteiger partial charge is 0.358 e. The third-order valence-corrected chi connectivity index (χ3v) is 2.99. The SMILES string of the molecule is CC(Cl)CCN(C)c1nncc2ccccc12. The van der Waals surface area contributed by atoms with Crippen LogP contribution in [0, 0.1) is 0 Å². The number of rotatable bonds is 4. The first-order chi connectivity index (χ1) is 8.18. The summed E-state index contributed by atoms with van der Waals surface area (Å²) in [4.78, 5) is 2.11. The van der Waals surface area contributed by atoms with Gasteiger partial charge in [0, 0.05) is 29.7 Å². The minimum atomic E-state index is 0.181. The Morgan fingerprint density at radius 1 is 1.35 bits per heavy atom. The molecule has 0 saturated heterocycles. The van der Waals surface area contributed by atoms with Crippen LogP contribution in [0.3, 0.4) is 0 Å². The van der Waals surface area contributed by atoms with E-state index in [0.717, 1.165) is 29.6 Å². The van der Waals surface area contributed by atoms with Crippen LogP contribution in [-0.4, -0.2) is 29.2 Å². The van der Waals surface area contributed by atoms with Crippen molar-refractivity contribution in [1.82, 2.24) is 10.2 Å². The summed E-state index contributed by atoms with van der Waals surface area (Å²) in [6.07, 6.45) is 2.72. The van der Waals surface area contributed by atoms with E-state index in [2.05, 4.69) is 21.2 Å². The molecule has 17 heavy (non-hydrogen) atoms. The Morgan fingerprint density at radius 2 is 2.12 bits per heavy atom. The van der Waals surface area contributed by atoms with Crippen LogP contribution in [0.2, 0.25) is 0 Å². The lowest BCUT2D eigenvalue weighted by atomic mass is 10.2. The maximum atomic E-state index is 5.96. The summed E-state index contributed by atoms with van der Waals surface area (Å²) in [7, 11) is 2.02. The number of hydrogen-bond donors (Lipinski definition) is 0. The van der Waals surface area contributed by atoms with Crippen LogP contribution in [0.5, 0.6) is 0 Å². The van der Waals surface area contributed by atoms with Crippen molar-refractivity contribution >= 4 is 28.2 Å². The predicted octanol–water partition coefficient (Wildman–Crippen LogP) is 3.08. The zero-order valence-electron chi connectivity index (χ0n) is 10.1. The van der Waals surface area contributed by atoms with Gasteiger partial charge in [0.15, 0.2) is 5.82 Å². The summed E-state index contributed by atoms with van der Waals surface area (Å²) in [6.45, 7) is 2.89. The van der Waals surface area contributed by atoms with Gasteiger partial charge in [0.2, 0.25) is 0 Å². The fourth-order valence-corrected chi connectivity index (χ4v) is 1.87.